The summed E-state index contributed by atoms with van der Waals surface area (Å²) in [5.41, 5.74) is 0. The molecule has 1 aromatic rings. The van der Waals surface area contributed by atoms with E-state index >= 15 is 0 Å². The fourth-order valence-electron chi connectivity index (χ4n) is 2.55. The third-order valence-corrected chi connectivity index (χ3v) is 3.77. The second kappa shape index (κ2) is 11.5. The number of guanidine groups is 1. The Labute approximate surface area is 164 Å². The molecule has 1 aliphatic heterocycles. The lowest BCUT2D eigenvalue weighted by molar-refractivity contribution is 0.181. The fraction of sp³-hybridized carbons (Fsp3) is 0.588. The van der Waals surface area contributed by atoms with E-state index in [9.17, 15) is 8.78 Å². The Hall–Kier alpha value is -1.16. The number of halogens is 3. The average molecular weight is 469 g/mol. The summed E-state index contributed by atoms with van der Waals surface area (Å²) in [6.07, 6.45) is 1.07. The number of rotatable bonds is 7. The number of aliphatic imine (C=N–C) groups is 1. The number of nitrogens with zero attached hydrogens (tertiary/aromatic N) is 2. The van der Waals surface area contributed by atoms with Gasteiger partial charge in [-0.1, -0.05) is 0 Å². The van der Waals surface area contributed by atoms with Crippen LogP contribution in [0.15, 0.2) is 23.2 Å². The first-order chi connectivity index (χ1) is 11.6. The minimum absolute atomic E-state index is 0. The Morgan fingerprint density at radius 2 is 2.20 bits per heavy atom. The topological polar surface area (TPSA) is 46.1 Å². The Bertz CT molecular complexity index is 555. The summed E-state index contributed by atoms with van der Waals surface area (Å²) in [6, 6.07) is 3.49. The van der Waals surface area contributed by atoms with Gasteiger partial charge < -0.3 is 19.7 Å². The van der Waals surface area contributed by atoms with Gasteiger partial charge in [0.25, 0.3) is 0 Å². The molecule has 5 nitrogen and oxygen atoms in total. The largest absolute Gasteiger partial charge is 0.492 e. The fourth-order valence-corrected chi connectivity index (χ4v) is 2.55. The van der Waals surface area contributed by atoms with Crippen LogP contribution < -0.4 is 10.1 Å². The molecule has 0 spiro atoms. The SMILES string of the molecule is CCNC(=NCCOc1ccc(F)c(F)c1)N(C)CC1CCOC1.I. The van der Waals surface area contributed by atoms with Crippen molar-refractivity contribution in [2.24, 2.45) is 10.9 Å². The Balaban J connectivity index is 0.00000312. The lowest BCUT2D eigenvalue weighted by Gasteiger charge is -2.24. The second-order valence-electron chi connectivity index (χ2n) is 5.77. The van der Waals surface area contributed by atoms with E-state index in [1.807, 2.05) is 14.0 Å². The van der Waals surface area contributed by atoms with Crippen LogP contribution in [0.5, 0.6) is 5.75 Å². The zero-order valence-corrected chi connectivity index (χ0v) is 17.0. The van der Waals surface area contributed by atoms with Crippen molar-refractivity contribution < 1.29 is 18.3 Å². The van der Waals surface area contributed by atoms with E-state index < -0.39 is 11.6 Å². The molecule has 1 fully saturated rings. The molecular weight excluding hydrogens is 443 g/mol. The lowest BCUT2D eigenvalue weighted by Crippen LogP contribution is -2.41. The average Bonchev–Trinajstić information content (AvgIpc) is 3.06. The van der Waals surface area contributed by atoms with Crippen LogP contribution in [0.25, 0.3) is 0 Å². The van der Waals surface area contributed by atoms with Crippen LogP contribution >= 0.6 is 24.0 Å². The molecule has 0 aliphatic carbocycles. The number of benzene rings is 1. The molecule has 25 heavy (non-hydrogen) atoms. The molecule has 2 rings (SSSR count). The van der Waals surface area contributed by atoms with Crippen molar-refractivity contribution >= 4 is 29.9 Å². The van der Waals surface area contributed by atoms with Gasteiger partial charge in [-0.2, -0.15) is 0 Å². The number of hydrogen-bond donors (Lipinski definition) is 1. The molecule has 1 saturated heterocycles. The van der Waals surface area contributed by atoms with Crippen molar-refractivity contribution in [3.63, 3.8) is 0 Å². The Kier molecular flexibility index (Phi) is 10.0. The number of nitrogens with one attached hydrogen (secondary N) is 1. The summed E-state index contributed by atoms with van der Waals surface area (Å²) in [5, 5.41) is 3.24. The van der Waals surface area contributed by atoms with Crippen molar-refractivity contribution in [3.05, 3.63) is 29.8 Å². The van der Waals surface area contributed by atoms with E-state index in [2.05, 4.69) is 15.2 Å². The predicted octanol–water partition coefficient (Wildman–Crippen LogP) is 2.90. The zero-order valence-electron chi connectivity index (χ0n) is 14.6. The summed E-state index contributed by atoms with van der Waals surface area (Å²) in [5.74, 6) is -0.170. The molecule has 8 heteroatoms. The summed E-state index contributed by atoms with van der Waals surface area (Å²) in [4.78, 5) is 6.59. The van der Waals surface area contributed by atoms with Crippen molar-refractivity contribution in [2.45, 2.75) is 13.3 Å². The monoisotopic (exact) mass is 469 g/mol. The van der Waals surface area contributed by atoms with Crippen LogP contribution in [0.4, 0.5) is 8.78 Å². The molecule has 1 heterocycles. The first kappa shape index (κ1) is 21.9. The van der Waals surface area contributed by atoms with Gasteiger partial charge in [0.05, 0.1) is 13.2 Å². The predicted molar refractivity (Wildman–Crippen MR) is 105 cm³/mol. The van der Waals surface area contributed by atoms with Crippen LogP contribution in [-0.4, -0.2) is 57.4 Å². The van der Waals surface area contributed by atoms with Crippen molar-refractivity contribution in [3.8, 4) is 5.75 Å². The van der Waals surface area contributed by atoms with Crippen LogP contribution in [0.1, 0.15) is 13.3 Å². The molecule has 1 aliphatic rings. The highest BCUT2D eigenvalue weighted by molar-refractivity contribution is 14.0. The summed E-state index contributed by atoms with van der Waals surface area (Å²) >= 11 is 0. The van der Waals surface area contributed by atoms with Gasteiger partial charge >= 0.3 is 0 Å². The number of ether oxygens (including phenoxy) is 2. The van der Waals surface area contributed by atoms with Crippen molar-refractivity contribution in [2.75, 3.05) is 46.5 Å². The lowest BCUT2D eigenvalue weighted by atomic mass is 10.1. The molecule has 1 aromatic carbocycles. The molecule has 1 unspecified atom stereocenters. The third kappa shape index (κ3) is 7.31. The highest BCUT2D eigenvalue weighted by Gasteiger charge is 2.18. The molecular formula is C17H26F2IN3O2. The summed E-state index contributed by atoms with van der Waals surface area (Å²) in [6.45, 7) is 6.01. The first-order valence-corrected chi connectivity index (χ1v) is 8.25. The van der Waals surface area contributed by atoms with Crippen LogP contribution in [0, 0.1) is 17.6 Å². The van der Waals surface area contributed by atoms with Crippen LogP contribution in [0.2, 0.25) is 0 Å². The molecule has 0 aromatic heterocycles. The first-order valence-electron chi connectivity index (χ1n) is 8.25. The maximum atomic E-state index is 13.1. The third-order valence-electron chi connectivity index (χ3n) is 3.77. The Morgan fingerprint density at radius 1 is 1.40 bits per heavy atom. The van der Waals surface area contributed by atoms with Gasteiger partial charge in [0.2, 0.25) is 0 Å². The minimum Gasteiger partial charge on any atom is -0.492 e. The van der Waals surface area contributed by atoms with E-state index in [0.29, 0.717) is 24.8 Å². The van der Waals surface area contributed by atoms with Gasteiger partial charge in [0, 0.05) is 38.7 Å². The van der Waals surface area contributed by atoms with Gasteiger partial charge in [-0.25, -0.2) is 13.8 Å². The van der Waals surface area contributed by atoms with Gasteiger partial charge in [0.15, 0.2) is 17.6 Å². The smallest absolute Gasteiger partial charge is 0.193 e. The minimum atomic E-state index is -0.914. The van der Waals surface area contributed by atoms with Crippen LogP contribution in [0.3, 0.4) is 0 Å². The van der Waals surface area contributed by atoms with E-state index in [0.717, 1.165) is 50.8 Å². The quantitative estimate of drug-likeness (QED) is 0.289. The zero-order chi connectivity index (χ0) is 17.4. The van der Waals surface area contributed by atoms with E-state index in [-0.39, 0.29) is 24.0 Å². The highest BCUT2D eigenvalue weighted by atomic mass is 127. The summed E-state index contributed by atoms with van der Waals surface area (Å²) in [7, 11) is 2.00. The molecule has 1 N–H and O–H groups in total. The van der Waals surface area contributed by atoms with Gasteiger partial charge in [0.1, 0.15) is 12.4 Å². The van der Waals surface area contributed by atoms with Crippen LogP contribution in [-0.2, 0) is 4.74 Å². The molecule has 0 amide bonds. The molecule has 0 saturated carbocycles. The Morgan fingerprint density at radius 3 is 2.84 bits per heavy atom. The summed E-state index contributed by atoms with van der Waals surface area (Å²) < 4.78 is 36.8. The molecule has 142 valence electrons. The van der Waals surface area contributed by atoms with E-state index in [1.165, 1.54) is 6.07 Å². The number of hydrogen-bond acceptors (Lipinski definition) is 3. The molecule has 1 atom stereocenters. The van der Waals surface area contributed by atoms with Gasteiger partial charge in [-0.05, 0) is 25.5 Å². The maximum absolute atomic E-state index is 13.1. The van der Waals surface area contributed by atoms with Crippen molar-refractivity contribution in [1.29, 1.82) is 0 Å². The second-order valence-corrected chi connectivity index (χ2v) is 5.77. The molecule has 0 radical (unpaired) electrons. The molecule has 0 bridgehead atoms. The van der Waals surface area contributed by atoms with E-state index in [4.69, 9.17) is 9.47 Å². The van der Waals surface area contributed by atoms with Gasteiger partial charge in [-0.15, -0.1) is 24.0 Å². The standard InChI is InChI=1S/C17H25F2N3O2.HI/c1-3-20-17(22(2)11-13-6-8-23-12-13)21-7-9-24-14-4-5-15(18)16(19)10-14;/h4-5,10,13H,3,6-9,11-12H2,1-2H3,(H,20,21);1H. The van der Waals surface area contributed by atoms with E-state index in [1.54, 1.807) is 0 Å². The normalized spacial score (nSPS) is 17.1. The van der Waals surface area contributed by atoms with Gasteiger partial charge in [-0.3, -0.25) is 0 Å². The maximum Gasteiger partial charge on any atom is 0.193 e. The highest BCUT2D eigenvalue weighted by Crippen LogP contribution is 2.15. The van der Waals surface area contributed by atoms with Crippen molar-refractivity contribution in [1.82, 2.24) is 10.2 Å².